The van der Waals surface area contributed by atoms with Gasteiger partial charge in [0.1, 0.15) is 5.82 Å². The summed E-state index contributed by atoms with van der Waals surface area (Å²) in [6.07, 6.45) is 0. The Morgan fingerprint density at radius 3 is 2.75 bits per heavy atom. The highest BCUT2D eigenvalue weighted by Gasteiger charge is 2.08. The third-order valence-electron chi connectivity index (χ3n) is 2.07. The number of alkyl halides is 1. The smallest absolute Gasteiger partial charge is 0.126 e. The summed E-state index contributed by atoms with van der Waals surface area (Å²) in [5.41, 5.74) is 1.86. The van der Waals surface area contributed by atoms with Crippen LogP contribution in [0.5, 0.6) is 0 Å². The molecule has 0 bridgehead atoms. The number of hydrogen-bond acceptors (Lipinski definition) is 0. The van der Waals surface area contributed by atoms with Crippen molar-refractivity contribution in [1.29, 1.82) is 0 Å². The molecule has 1 rings (SSSR count). The van der Waals surface area contributed by atoms with Crippen molar-refractivity contribution in [3.05, 3.63) is 35.1 Å². The Labute approximate surface area is 80.9 Å². The van der Waals surface area contributed by atoms with E-state index in [1.54, 1.807) is 6.07 Å². The lowest BCUT2D eigenvalue weighted by Gasteiger charge is -2.11. The van der Waals surface area contributed by atoms with Crippen molar-refractivity contribution in [1.82, 2.24) is 0 Å². The van der Waals surface area contributed by atoms with Gasteiger partial charge in [0, 0.05) is 5.33 Å². The summed E-state index contributed by atoms with van der Waals surface area (Å²) >= 11 is 3.39. The number of halogens is 2. The molecule has 0 aliphatic rings. The van der Waals surface area contributed by atoms with Gasteiger partial charge in [-0.2, -0.15) is 0 Å². The third-order valence-corrected chi connectivity index (χ3v) is 3.04. The monoisotopic (exact) mass is 230 g/mol. The first kappa shape index (κ1) is 9.72. The van der Waals surface area contributed by atoms with Gasteiger partial charge in [0.15, 0.2) is 0 Å². The molecule has 0 N–H and O–H groups in total. The van der Waals surface area contributed by atoms with Crippen LogP contribution in [-0.2, 0) is 0 Å². The third kappa shape index (κ3) is 1.86. The summed E-state index contributed by atoms with van der Waals surface area (Å²) in [6, 6.07) is 5.24. The molecule has 0 spiro atoms. The normalized spacial score (nSPS) is 13.0. The summed E-state index contributed by atoms with van der Waals surface area (Å²) in [6.45, 7) is 3.90. The summed E-state index contributed by atoms with van der Waals surface area (Å²) in [5, 5.41) is 0.872. The Morgan fingerprint density at radius 2 is 2.17 bits per heavy atom. The molecule has 0 fully saturated rings. The molecule has 0 saturated carbocycles. The maximum atomic E-state index is 13.1. The molecule has 0 aromatic heterocycles. The van der Waals surface area contributed by atoms with Crippen LogP contribution in [0.4, 0.5) is 4.39 Å². The number of benzene rings is 1. The molecule has 1 atom stereocenters. The zero-order valence-electron chi connectivity index (χ0n) is 7.27. The van der Waals surface area contributed by atoms with Crippen molar-refractivity contribution < 1.29 is 4.39 Å². The molecule has 0 aliphatic carbocycles. The molecule has 1 aromatic rings. The first-order chi connectivity index (χ1) is 5.66. The zero-order valence-corrected chi connectivity index (χ0v) is 8.86. The Morgan fingerprint density at radius 1 is 1.50 bits per heavy atom. The fourth-order valence-electron chi connectivity index (χ4n) is 1.24. The molecule has 1 aromatic carbocycles. The second kappa shape index (κ2) is 4.04. The summed E-state index contributed by atoms with van der Waals surface area (Å²) in [5.74, 6) is 0.265. The fourth-order valence-corrected chi connectivity index (χ4v) is 1.59. The molecule has 66 valence electrons. The van der Waals surface area contributed by atoms with Crippen molar-refractivity contribution in [2.45, 2.75) is 19.8 Å². The van der Waals surface area contributed by atoms with E-state index in [0.29, 0.717) is 5.92 Å². The average Bonchev–Trinajstić information content (AvgIpc) is 2.08. The van der Waals surface area contributed by atoms with Crippen LogP contribution in [0.2, 0.25) is 0 Å². The number of hydrogen-bond donors (Lipinski definition) is 0. The Kier molecular flexibility index (Phi) is 3.27. The highest BCUT2D eigenvalue weighted by Crippen LogP contribution is 2.22. The predicted molar refractivity (Wildman–Crippen MR) is 53.3 cm³/mol. The molecule has 0 saturated heterocycles. The average molecular weight is 231 g/mol. The Hall–Kier alpha value is -0.370. The molecule has 1 unspecified atom stereocenters. The van der Waals surface area contributed by atoms with Crippen LogP contribution in [0, 0.1) is 12.7 Å². The van der Waals surface area contributed by atoms with Crippen molar-refractivity contribution in [3.63, 3.8) is 0 Å². The minimum absolute atomic E-state index is 0.111. The second-order valence-corrected chi connectivity index (χ2v) is 3.66. The van der Waals surface area contributed by atoms with Crippen LogP contribution in [-0.4, -0.2) is 5.33 Å². The SMILES string of the molecule is Cc1c(F)cccc1C(C)CBr. The van der Waals surface area contributed by atoms with Gasteiger partial charge in [-0.15, -0.1) is 0 Å². The van der Waals surface area contributed by atoms with E-state index in [-0.39, 0.29) is 5.82 Å². The Balaban J connectivity index is 3.07. The van der Waals surface area contributed by atoms with E-state index >= 15 is 0 Å². The Bertz CT molecular complexity index is 271. The van der Waals surface area contributed by atoms with Gasteiger partial charge in [-0.05, 0) is 30.0 Å². The van der Waals surface area contributed by atoms with Gasteiger partial charge in [-0.25, -0.2) is 4.39 Å². The molecule has 0 amide bonds. The van der Waals surface area contributed by atoms with Crippen molar-refractivity contribution in [3.8, 4) is 0 Å². The van der Waals surface area contributed by atoms with E-state index in [9.17, 15) is 4.39 Å². The van der Waals surface area contributed by atoms with Crippen LogP contribution >= 0.6 is 15.9 Å². The van der Waals surface area contributed by atoms with Gasteiger partial charge in [0.25, 0.3) is 0 Å². The van der Waals surface area contributed by atoms with Crippen molar-refractivity contribution >= 4 is 15.9 Å². The van der Waals surface area contributed by atoms with E-state index in [0.717, 1.165) is 16.5 Å². The fraction of sp³-hybridized carbons (Fsp3) is 0.400. The van der Waals surface area contributed by atoms with Crippen LogP contribution < -0.4 is 0 Å². The minimum Gasteiger partial charge on any atom is -0.207 e. The predicted octanol–water partition coefficient (Wildman–Crippen LogP) is 3.63. The molecule has 0 aliphatic heterocycles. The van der Waals surface area contributed by atoms with E-state index in [2.05, 4.69) is 22.9 Å². The van der Waals surface area contributed by atoms with Crippen molar-refractivity contribution in [2.24, 2.45) is 0 Å². The molecule has 0 heterocycles. The quantitative estimate of drug-likeness (QED) is 0.681. The van der Waals surface area contributed by atoms with E-state index < -0.39 is 0 Å². The van der Waals surface area contributed by atoms with E-state index in [4.69, 9.17) is 0 Å². The number of rotatable bonds is 2. The lowest BCUT2D eigenvalue weighted by molar-refractivity contribution is 0.613. The van der Waals surface area contributed by atoms with Gasteiger partial charge in [-0.1, -0.05) is 35.0 Å². The maximum Gasteiger partial charge on any atom is 0.126 e. The zero-order chi connectivity index (χ0) is 9.14. The summed E-state index contributed by atoms with van der Waals surface area (Å²) < 4.78 is 13.1. The van der Waals surface area contributed by atoms with Gasteiger partial charge in [0.05, 0.1) is 0 Å². The molecular weight excluding hydrogens is 219 g/mol. The van der Waals surface area contributed by atoms with Crippen molar-refractivity contribution in [2.75, 3.05) is 5.33 Å². The highest BCUT2D eigenvalue weighted by atomic mass is 79.9. The molecule has 2 heteroatoms. The van der Waals surface area contributed by atoms with Gasteiger partial charge in [-0.3, -0.25) is 0 Å². The van der Waals surface area contributed by atoms with Gasteiger partial charge < -0.3 is 0 Å². The first-order valence-electron chi connectivity index (χ1n) is 3.97. The standard InChI is InChI=1S/C10H12BrF/c1-7(6-11)9-4-3-5-10(12)8(9)2/h3-5,7H,6H2,1-2H3. The summed E-state index contributed by atoms with van der Waals surface area (Å²) in [4.78, 5) is 0. The van der Waals surface area contributed by atoms with Crippen LogP contribution in [0.3, 0.4) is 0 Å². The minimum atomic E-state index is -0.111. The molecule has 0 nitrogen and oxygen atoms in total. The largest absolute Gasteiger partial charge is 0.207 e. The van der Waals surface area contributed by atoms with Crippen LogP contribution in [0.1, 0.15) is 24.0 Å². The lowest BCUT2D eigenvalue weighted by Crippen LogP contribution is -1.99. The van der Waals surface area contributed by atoms with Crippen LogP contribution in [0.15, 0.2) is 18.2 Å². The second-order valence-electron chi connectivity index (χ2n) is 3.01. The topological polar surface area (TPSA) is 0 Å². The van der Waals surface area contributed by atoms with Gasteiger partial charge >= 0.3 is 0 Å². The first-order valence-corrected chi connectivity index (χ1v) is 5.10. The van der Waals surface area contributed by atoms with Gasteiger partial charge in [0.2, 0.25) is 0 Å². The molecule has 0 radical (unpaired) electrons. The molecule has 12 heavy (non-hydrogen) atoms. The lowest BCUT2D eigenvalue weighted by atomic mass is 9.98. The van der Waals surface area contributed by atoms with E-state index in [1.165, 1.54) is 6.07 Å². The van der Waals surface area contributed by atoms with Crippen LogP contribution in [0.25, 0.3) is 0 Å². The summed E-state index contributed by atoms with van der Waals surface area (Å²) in [7, 11) is 0. The molecular formula is C10H12BrF. The maximum absolute atomic E-state index is 13.1. The van der Waals surface area contributed by atoms with E-state index in [1.807, 2.05) is 13.0 Å². The highest BCUT2D eigenvalue weighted by molar-refractivity contribution is 9.09.